The highest BCUT2D eigenvalue weighted by Gasteiger charge is 1.95. The van der Waals surface area contributed by atoms with E-state index in [0.29, 0.717) is 0 Å². The lowest BCUT2D eigenvalue weighted by Crippen LogP contribution is -1.73. The third-order valence-corrected chi connectivity index (χ3v) is 1.21. The first-order chi connectivity index (χ1) is 4.30. The van der Waals surface area contributed by atoms with Crippen LogP contribution in [0.15, 0.2) is 23.2 Å². The molecule has 0 aromatic rings. The summed E-state index contributed by atoms with van der Waals surface area (Å²) < 4.78 is 0. The van der Waals surface area contributed by atoms with Gasteiger partial charge in [0.15, 0.2) is 0 Å². The molecule has 1 rings (SSSR count). The lowest BCUT2D eigenvalue weighted by atomic mass is 9.94. The molecule has 1 aliphatic rings. The molecule has 0 nitrogen and oxygen atoms in total. The van der Waals surface area contributed by atoms with Crippen molar-refractivity contribution in [3.05, 3.63) is 23.2 Å². The van der Waals surface area contributed by atoms with Crippen LogP contribution in [0.25, 0.3) is 0 Å². The summed E-state index contributed by atoms with van der Waals surface area (Å²) in [5, 5.41) is 0. The molecule has 0 saturated heterocycles. The largest absolute Gasteiger partial charge is 0.113 e. The molecule has 0 bridgehead atoms. The van der Waals surface area contributed by atoms with Crippen molar-refractivity contribution in [2.45, 2.75) is 27.2 Å². The summed E-state index contributed by atoms with van der Waals surface area (Å²) in [4.78, 5) is 0. The van der Waals surface area contributed by atoms with E-state index in [2.05, 4.69) is 13.0 Å². The summed E-state index contributed by atoms with van der Waals surface area (Å²) in [7, 11) is 5.47. The van der Waals surface area contributed by atoms with E-state index in [1.807, 2.05) is 19.9 Å². The second-order valence-corrected chi connectivity index (χ2v) is 1.84. The fourth-order valence-corrected chi connectivity index (χ4v) is 0.623. The van der Waals surface area contributed by atoms with Crippen molar-refractivity contribution in [3.63, 3.8) is 0 Å². The zero-order valence-corrected chi connectivity index (χ0v) is 6.44. The van der Waals surface area contributed by atoms with Crippen LogP contribution in [0, 0.1) is 0 Å². The van der Waals surface area contributed by atoms with Gasteiger partial charge in [-0.15, -0.1) is 0 Å². The first-order valence-corrected chi connectivity index (χ1v) is 3.42. The van der Waals surface area contributed by atoms with Gasteiger partial charge in [-0.2, -0.15) is 0 Å². The predicted molar refractivity (Wildman–Crippen MR) is 43.6 cm³/mol. The fraction of sp³-hybridized carbons (Fsp3) is 0.500. The molecule has 0 aliphatic heterocycles. The second-order valence-electron chi connectivity index (χ2n) is 1.84. The zero-order chi connectivity index (χ0) is 7.28. The molecule has 0 heterocycles. The molecule has 0 aromatic carbocycles. The van der Waals surface area contributed by atoms with Crippen molar-refractivity contribution < 1.29 is 0 Å². The smallest absolute Gasteiger partial charge is 0.0977 e. The van der Waals surface area contributed by atoms with Crippen LogP contribution in [0.1, 0.15) is 27.2 Å². The van der Waals surface area contributed by atoms with Gasteiger partial charge in [0.05, 0.1) is 0 Å². The monoisotopic (exact) mass is 120 g/mol. The van der Waals surface area contributed by atoms with Crippen molar-refractivity contribution in [3.8, 4) is 0 Å². The number of hydrogen-bond acceptors (Lipinski definition) is 0. The zero-order valence-electron chi connectivity index (χ0n) is 6.44. The molecule has 0 amide bonds. The normalized spacial score (nSPS) is 15.4. The van der Waals surface area contributed by atoms with E-state index < -0.39 is 0 Å². The van der Waals surface area contributed by atoms with E-state index in [4.69, 9.17) is 7.85 Å². The summed E-state index contributed by atoms with van der Waals surface area (Å²) in [6.45, 7) is 6.05. The highest BCUT2D eigenvalue weighted by atomic mass is 14.0. The fourth-order valence-electron chi connectivity index (χ4n) is 0.623. The van der Waals surface area contributed by atoms with E-state index in [9.17, 15) is 0 Å². The van der Waals surface area contributed by atoms with Gasteiger partial charge in [-0.1, -0.05) is 37.0 Å². The third kappa shape index (κ3) is 2.55. The van der Waals surface area contributed by atoms with Gasteiger partial charge >= 0.3 is 0 Å². The second kappa shape index (κ2) is 4.43. The quantitative estimate of drug-likeness (QED) is 0.430. The molecule has 1 aliphatic carbocycles. The maximum Gasteiger partial charge on any atom is 0.113 e. The van der Waals surface area contributed by atoms with Crippen molar-refractivity contribution in [2.24, 2.45) is 0 Å². The number of allylic oxidation sites excluding steroid dienone is 4. The first-order valence-electron chi connectivity index (χ1n) is 3.42. The van der Waals surface area contributed by atoms with Crippen molar-refractivity contribution in [2.75, 3.05) is 0 Å². The lowest BCUT2D eigenvalue weighted by molar-refractivity contribution is 1.25. The maximum atomic E-state index is 5.47. The van der Waals surface area contributed by atoms with Gasteiger partial charge in [0, 0.05) is 0 Å². The summed E-state index contributed by atoms with van der Waals surface area (Å²) in [6.07, 6.45) is 5.08. The number of hydrogen-bond donors (Lipinski definition) is 0. The van der Waals surface area contributed by atoms with E-state index in [1.165, 1.54) is 5.57 Å². The Morgan fingerprint density at radius 1 is 1.44 bits per heavy atom. The van der Waals surface area contributed by atoms with Crippen molar-refractivity contribution in [1.82, 2.24) is 0 Å². The molecule has 0 spiro atoms. The molecular weight excluding hydrogens is 107 g/mol. The van der Waals surface area contributed by atoms with E-state index in [-0.39, 0.29) is 0 Å². The molecule has 0 unspecified atom stereocenters. The molecule has 9 heavy (non-hydrogen) atoms. The van der Waals surface area contributed by atoms with Crippen LogP contribution in [-0.4, -0.2) is 7.85 Å². The van der Waals surface area contributed by atoms with Gasteiger partial charge in [0.2, 0.25) is 0 Å². The van der Waals surface area contributed by atoms with Crippen LogP contribution in [-0.2, 0) is 0 Å². The Labute approximate surface area is 59.1 Å². The van der Waals surface area contributed by atoms with Crippen LogP contribution in [0.5, 0.6) is 0 Å². The van der Waals surface area contributed by atoms with Crippen molar-refractivity contribution >= 4 is 7.85 Å². The van der Waals surface area contributed by atoms with Crippen LogP contribution < -0.4 is 0 Å². The molecular formula is C8H13B. The lowest BCUT2D eigenvalue weighted by Gasteiger charge is -1.88. The Balaban J connectivity index is 0.000000291. The molecule has 0 aromatic heterocycles. The minimum absolute atomic E-state index is 0.944. The molecule has 1 heteroatoms. The highest BCUT2D eigenvalue weighted by Crippen LogP contribution is 2.13. The molecule has 0 saturated carbocycles. The first kappa shape index (κ1) is 8.54. The van der Waals surface area contributed by atoms with Gasteiger partial charge in [-0.05, 0) is 13.3 Å². The minimum Gasteiger partial charge on any atom is -0.0977 e. The van der Waals surface area contributed by atoms with E-state index in [1.54, 1.807) is 0 Å². The Bertz CT molecular complexity index is 132. The Hall–Kier alpha value is -0.455. The Kier molecular flexibility index (Phi) is 4.20. The molecule has 0 fully saturated rings. The van der Waals surface area contributed by atoms with E-state index in [0.717, 1.165) is 11.9 Å². The SMILES string of the molecule is CC.[B]C1=C(C)CC=C1. The average molecular weight is 120 g/mol. The predicted octanol–water partition coefficient (Wildman–Crippen LogP) is 2.42. The minimum atomic E-state index is 0.944. The molecule has 0 N–H and O–H groups in total. The van der Waals surface area contributed by atoms with Crippen LogP contribution in [0.4, 0.5) is 0 Å². The van der Waals surface area contributed by atoms with E-state index >= 15 is 0 Å². The van der Waals surface area contributed by atoms with Crippen LogP contribution in [0.2, 0.25) is 0 Å². The van der Waals surface area contributed by atoms with Crippen LogP contribution >= 0.6 is 0 Å². The Morgan fingerprint density at radius 3 is 2.11 bits per heavy atom. The van der Waals surface area contributed by atoms with Gasteiger partial charge in [-0.25, -0.2) is 0 Å². The molecule has 0 atom stereocenters. The molecule has 48 valence electrons. The summed E-state index contributed by atoms with van der Waals surface area (Å²) >= 11 is 0. The topological polar surface area (TPSA) is 0 Å². The van der Waals surface area contributed by atoms with Gasteiger partial charge in [0.25, 0.3) is 0 Å². The Morgan fingerprint density at radius 2 is 2.00 bits per heavy atom. The average Bonchev–Trinajstić information content (AvgIpc) is 2.23. The highest BCUT2D eigenvalue weighted by molar-refractivity contribution is 6.24. The number of rotatable bonds is 0. The molecule has 2 radical (unpaired) electrons. The van der Waals surface area contributed by atoms with Gasteiger partial charge < -0.3 is 0 Å². The van der Waals surface area contributed by atoms with Gasteiger partial charge in [-0.3, -0.25) is 0 Å². The summed E-state index contributed by atoms with van der Waals surface area (Å²) in [5.41, 5.74) is 2.24. The van der Waals surface area contributed by atoms with Crippen molar-refractivity contribution in [1.29, 1.82) is 0 Å². The summed E-state index contributed by atoms with van der Waals surface area (Å²) in [6, 6.07) is 0. The third-order valence-electron chi connectivity index (χ3n) is 1.21. The standard InChI is InChI=1S/C6H7B.C2H6/c1-5-3-2-4-6(5)7;1-2/h2,4H,3H2,1H3;1-2H3. The van der Waals surface area contributed by atoms with Gasteiger partial charge in [0.1, 0.15) is 7.85 Å². The summed E-state index contributed by atoms with van der Waals surface area (Å²) in [5.74, 6) is 0. The maximum absolute atomic E-state index is 5.47. The van der Waals surface area contributed by atoms with Crippen LogP contribution in [0.3, 0.4) is 0 Å².